The maximum absolute atomic E-state index is 12.7. The Bertz CT molecular complexity index is 879. The zero-order valence-corrected chi connectivity index (χ0v) is 12.4. The first-order valence-electron chi connectivity index (χ1n) is 6.98. The van der Waals surface area contributed by atoms with Crippen molar-refractivity contribution in [2.24, 2.45) is 0 Å². The smallest absolute Gasteiger partial charge is 0.201 e. The highest BCUT2D eigenvalue weighted by atomic mass is 16.3. The van der Waals surface area contributed by atoms with Crippen LogP contribution in [0.5, 0.6) is 23.0 Å². The van der Waals surface area contributed by atoms with Crippen LogP contribution in [-0.2, 0) is 0 Å². The van der Waals surface area contributed by atoms with E-state index in [0.29, 0.717) is 0 Å². The SMILES string of the molecule is CC(C)c1c(O)cc2c(c1O)C(=O)c1c(O)cc(O)cc1C2=O. The average Bonchev–Trinajstić information content (AvgIpc) is 2.42. The first-order valence-corrected chi connectivity index (χ1v) is 6.98. The molecule has 4 N–H and O–H groups in total. The van der Waals surface area contributed by atoms with Crippen LogP contribution in [0.15, 0.2) is 18.2 Å². The summed E-state index contributed by atoms with van der Waals surface area (Å²) in [5, 5.41) is 39.9. The molecule has 1 aliphatic carbocycles. The van der Waals surface area contributed by atoms with E-state index in [2.05, 4.69) is 0 Å². The maximum Gasteiger partial charge on any atom is 0.201 e. The molecule has 0 fully saturated rings. The van der Waals surface area contributed by atoms with Crippen LogP contribution in [0.3, 0.4) is 0 Å². The molecule has 0 atom stereocenters. The fourth-order valence-electron chi connectivity index (χ4n) is 2.95. The molecule has 2 aromatic rings. The first-order chi connectivity index (χ1) is 10.7. The number of hydrogen-bond donors (Lipinski definition) is 4. The van der Waals surface area contributed by atoms with Crippen LogP contribution < -0.4 is 0 Å². The predicted octanol–water partition coefficient (Wildman–Crippen LogP) is 2.41. The summed E-state index contributed by atoms with van der Waals surface area (Å²) >= 11 is 0. The standard InChI is InChI=1S/C17H14O6/c1-6(2)12-11(20)5-9-14(16(12)22)17(23)13-8(15(9)21)3-7(18)4-10(13)19/h3-6,18-20,22H,1-2H3. The van der Waals surface area contributed by atoms with E-state index in [0.717, 1.165) is 18.2 Å². The summed E-state index contributed by atoms with van der Waals surface area (Å²) in [6.07, 6.45) is 0. The molecule has 0 heterocycles. The van der Waals surface area contributed by atoms with Crippen molar-refractivity contribution in [3.63, 3.8) is 0 Å². The third-order valence-electron chi connectivity index (χ3n) is 3.94. The summed E-state index contributed by atoms with van der Waals surface area (Å²) in [7, 11) is 0. The topological polar surface area (TPSA) is 115 Å². The Hall–Kier alpha value is -3.02. The molecule has 0 amide bonds. The number of carbonyl (C=O) groups excluding carboxylic acids is 2. The molecule has 0 spiro atoms. The molecule has 0 saturated heterocycles. The number of benzene rings is 2. The Morgan fingerprint density at radius 1 is 0.783 bits per heavy atom. The van der Waals surface area contributed by atoms with Gasteiger partial charge in [0.1, 0.15) is 23.0 Å². The number of fused-ring (bicyclic) bond motifs is 2. The molecule has 0 bridgehead atoms. The van der Waals surface area contributed by atoms with E-state index in [1.807, 2.05) is 0 Å². The van der Waals surface area contributed by atoms with Gasteiger partial charge in [0.05, 0.1) is 11.1 Å². The molecule has 6 nitrogen and oxygen atoms in total. The van der Waals surface area contributed by atoms with E-state index in [-0.39, 0.29) is 45.2 Å². The normalized spacial score (nSPS) is 13.2. The largest absolute Gasteiger partial charge is 0.508 e. The molecule has 0 unspecified atom stereocenters. The summed E-state index contributed by atoms with van der Waals surface area (Å²) in [5.74, 6) is -3.33. The van der Waals surface area contributed by atoms with Gasteiger partial charge >= 0.3 is 0 Å². The monoisotopic (exact) mass is 314 g/mol. The van der Waals surface area contributed by atoms with Gasteiger partial charge in [0, 0.05) is 22.8 Å². The van der Waals surface area contributed by atoms with Crippen LogP contribution in [0.25, 0.3) is 0 Å². The third kappa shape index (κ3) is 1.95. The second kappa shape index (κ2) is 4.74. The number of phenols is 4. The van der Waals surface area contributed by atoms with Gasteiger partial charge in [0.15, 0.2) is 5.78 Å². The number of hydrogen-bond acceptors (Lipinski definition) is 6. The Balaban J connectivity index is 2.39. The number of ketones is 2. The van der Waals surface area contributed by atoms with Crippen molar-refractivity contribution in [3.8, 4) is 23.0 Å². The molecule has 1 aliphatic rings. The van der Waals surface area contributed by atoms with E-state index in [1.165, 1.54) is 0 Å². The average molecular weight is 314 g/mol. The predicted molar refractivity (Wildman–Crippen MR) is 80.5 cm³/mol. The number of phenolic OH excluding ortho intramolecular Hbond substituents is 4. The lowest BCUT2D eigenvalue weighted by atomic mass is 9.80. The van der Waals surface area contributed by atoms with E-state index in [4.69, 9.17) is 0 Å². The van der Waals surface area contributed by atoms with Crippen LogP contribution in [0.4, 0.5) is 0 Å². The Morgan fingerprint density at radius 2 is 1.39 bits per heavy atom. The van der Waals surface area contributed by atoms with Gasteiger partial charge in [-0.1, -0.05) is 13.8 Å². The fourth-order valence-corrected chi connectivity index (χ4v) is 2.95. The molecule has 0 radical (unpaired) electrons. The third-order valence-corrected chi connectivity index (χ3v) is 3.94. The van der Waals surface area contributed by atoms with E-state index in [1.54, 1.807) is 13.8 Å². The molecule has 6 heteroatoms. The van der Waals surface area contributed by atoms with Crippen molar-refractivity contribution in [3.05, 3.63) is 46.0 Å². The van der Waals surface area contributed by atoms with Crippen molar-refractivity contribution < 1.29 is 30.0 Å². The molecule has 0 aliphatic heterocycles. The molecule has 23 heavy (non-hydrogen) atoms. The highest BCUT2D eigenvalue weighted by molar-refractivity contribution is 6.30. The van der Waals surface area contributed by atoms with Crippen molar-refractivity contribution in [1.29, 1.82) is 0 Å². The molecule has 2 aromatic carbocycles. The van der Waals surface area contributed by atoms with Crippen molar-refractivity contribution in [2.75, 3.05) is 0 Å². The van der Waals surface area contributed by atoms with Crippen molar-refractivity contribution in [2.45, 2.75) is 19.8 Å². The first kappa shape index (κ1) is 14.9. The van der Waals surface area contributed by atoms with Gasteiger partial charge in [0.2, 0.25) is 5.78 Å². The maximum atomic E-state index is 12.7. The van der Waals surface area contributed by atoms with Crippen LogP contribution in [-0.4, -0.2) is 32.0 Å². The van der Waals surface area contributed by atoms with Gasteiger partial charge in [-0.15, -0.1) is 0 Å². The number of aromatic hydroxyl groups is 4. The lowest BCUT2D eigenvalue weighted by Gasteiger charge is -2.22. The molecule has 118 valence electrons. The zero-order chi connectivity index (χ0) is 17.0. The van der Waals surface area contributed by atoms with Crippen LogP contribution in [0, 0.1) is 0 Å². The molecular weight excluding hydrogens is 300 g/mol. The Kier molecular flexibility index (Phi) is 3.07. The van der Waals surface area contributed by atoms with Crippen LogP contribution in [0.2, 0.25) is 0 Å². The summed E-state index contributed by atoms with van der Waals surface area (Å²) in [5.41, 5.74) is -0.685. The molecule has 3 rings (SSSR count). The van der Waals surface area contributed by atoms with Gasteiger partial charge in [-0.3, -0.25) is 9.59 Å². The van der Waals surface area contributed by atoms with Gasteiger partial charge < -0.3 is 20.4 Å². The highest BCUT2D eigenvalue weighted by Crippen LogP contribution is 2.44. The molecule has 0 saturated carbocycles. The van der Waals surface area contributed by atoms with E-state index < -0.39 is 23.1 Å². The van der Waals surface area contributed by atoms with Gasteiger partial charge in [0.25, 0.3) is 0 Å². The van der Waals surface area contributed by atoms with E-state index in [9.17, 15) is 30.0 Å². The molecular formula is C17H14O6. The quantitative estimate of drug-likeness (QED) is 0.548. The second-order valence-corrected chi connectivity index (χ2v) is 5.78. The Morgan fingerprint density at radius 3 is 2.00 bits per heavy atom. The number of rotatable bonds is 1. The summed E-state index contributed by atoms with van der Waals surface area (Å²) in [6, 6.07) is 3.16. The van der Waals surface area contributed by atoms with Crippen molar-refractivity contribution in [1.82, 2.24) is 0 Å². The Labute approximate surface area is 131 Å². The minimum absolute atomic E-state index is 0.159. The summed E-state index contributed by atoms with van der Waals surface area (Å²) < 4.78 is 0. The summed E-state index contributed by atoms with van der Waals surface area (Å²) in [6.45, 7) is 3.44. The van der Waals surface area contributed by atoms with Crippen molar-refractivity contribution >= 4 is 11.6 Å². The minimum atomic E-state index is -0.730. The minimum Gasteiger partial charge on any atom is -0.508 e. The highest BCUT2D eigenvalue weighted by Gasteiger charge is 2.37. The van der Waals surface area contributed by atoms with Gasteiger partial charge in [-0.05, 0) is 18.1 Å². The van der Waals surface area contributed by atoms with Gasteiger partial charge in [-0.2, -0.15) is 0 Å². The van der Waals surface area contributed by atoms with E-state index >= 15 is 0 Å². The molecule has 0 aromatic heterocycles. The van der Waals surface area contributed by atoms with Gasteiger partial charge in [-0.25, -0.2) is 0 Å². The second-order valence-electron chi connectivity index (χ2n) is 5.78. The lowest BCUT2D eigenvalue weighted by Crippen LogP contribution is -2.21. The number of carbonyl (C=O) groups is 2. The fraction of sp³-hybridized carbons (Fsp3) is 0.176. The summed E-state index contributed by atoms with van der Waals surface area (Å²) in [4.78, 5) is 25.2. The van der Waals surface area contributed by atoms with Crippen LogP contribution in [0.1, 0.15) is 57.2 Å². The lowest BCUT2D eigenvalue weighted by molar-refractivity contribution is 0.0973. The van der Waals surface area contributed by atoms with Crippen LogP contribution >= 0.6 is 0 Å². The zero-order valence-electron chi connectivity index (χ0n) is 12.4.